The highest BCUT2D eigenvalue weighted by atomic mass is 16.5. The van der Waals surface area contributed by atoms with Crippen LogP contribution in [0.4, 0.5) is 0 Å². The highest BCUT2D eigenvalue weighted by Crippen LogP contribution is 2.44. The maximum absolute atomic E-state index is 11.9. The first-order valence-electron chi connectivity index (χ1n) is 13.1. The van der Waals surface area contributed by atoms with Crippen LogP contribution >= 0.6 is 0 Å². The Morgan fingerprint density at radius 3 is 2.15 bits per heavy atom. The van der Waals surface area contributed by atoms with E-state index in [0.29, 0.717) is 24.0 Å². The Kier molecular flexibility index (Phi) is 8.26. The number of carbonyl (C=O) groups excluding carboxylic acids is 1. The molecule has 0 heterocycles. The second kappa shape index (κ2) is 11.4. The van der Waals surface area contributed by atoms with Crippen LogP contribution in [0.15, 0.2) is 54.6 Å². The molecular weight excluding hydrogens is 420 g/mol. The molecule has 34 heavy (non-hydrogen) atoms. The molecule has 4 rings (SSSR count). The Balaban J connectivity index is 1.38. The van der Waals surface area contributed by atoms with Gasteiger partial charge >= 0.3 is 5.97 Å². The van der Waals surface area contributed by atoms with Gasteiger partial charge in [-0.3, -0.25) is 0 Å². The van der Waals surface area contributed by atoms with E-state index in [0.717, 1.165) is 28.5 Å². The van der Waals surface area contributed by atoms with E-state index in [1.807, 2.05) is 0 Å². The molecule has 2 saturated carbocycles. The van der Waals surface area contributed by atoms with Crippen molar-refractivity contribution >= 4 is 5.97 Å². The number of carbonyl (C=O) groups is 1. The van der Waals surface area contributed by atoms with Crippen LogP contribution < -0.4 is 0 Å². The topological polar surface area (TPSA) is 46.5 Å². The maximum atomic E-state index is 11.9. The Morgan fingerprint density at radius 2 is 1.56 bits per heavy atom. The van der Waals surface area contributed by atoms with E-state index in [9.17, 15) is 9.90 Å². The summed E-state index contributed by atoms with van der Waals surface area (Å²) in [5.41, 5.74) is 6.34. The smallest absolute Gasteiger partial charge is 0.333 e. The van der Waals surface area contributed by atoms with Crippen molar-refractivity contribution in [2.45, 2.75) is 77.7 Å². The van der Waals surface area contributed by atoms with E-state index in [2.05, 4.69) is 56.0 Å². The molecule has 2 aliphatic rings. The van der Waals surface area contributed by atoms with Crippen LogP contribution in [0.25, 0.3) is 11.1 Å². The molecule has 0 amide bonds. The van der Waals surface area contributed by atoms with Crippen molar-refractivity contribution in [2.24, 2.45) is 17.8 Å². The molecule has 0 bridgehead atoms. The van der Waals surface area contributed by atoms with Gasteiger partial charge in [0.05, 0.1) is 0 Å². The molecule has 0 spiro atoms. The number of aliphatic hydroxyl groups excluding tert-OH is 1. The molecule has 2 aliphatic carbocycles. The van der Waals surface area contributed by atoms with Crippen LogP contribution in [-0.2, 0) is 16.1 Å². The standard InChI is InChI=1S/C31H40O3/c1-21(2)31(33)34-20-29-18-22(3)4-17-30(29)28-15-13-27(14-16-28)26-11-9-25(10-12-26)24-7-5-23(19-32)6-8-24/h4,13-18,23-26,32H,1,5-12,19-20H2,2-3H3. The van der Waals surface area contributed by atoms with Crippen LogP contribution in [0.1, 0.15) is 80.9 Å². The van der Waals surface area contributed by atoms with Crippen molar-refractivity contribution in [3.05, 3.63) is 71.3 Å². The molecule has 0 atom stereocenters. The van der Waals surface area contributed by atoms with Gasteiger partial charge in [-0.1, -0.05) is 54.6 Å². The van der Waals surface area contributed by atoms with Crippen molar-refractivity contribution in [3.63, 3.8) is 0 Å². The molecule has 182 valence electrons. The van der Waals surface area contributed by atoms with E-state index < -0.39 is 0 Å². The summed E-state index contributed by atoms with van der Waals surface area (Å²) in [4.78, 5) is 11.9. The highest BCUT2D eigenvalue weighted by molar-refractivity contribution is 5.87. The molecule has 0 unspecified atom stereocenters. The van der Waals surface area contributed by atoms with Crippen LogP contribution in [0.3, 0.4) is 0 Å². The van der Waals surface area contributed by atoms with Gasteiger partial charge in [-0.2, -0.15) is 0 Å². The van der Waals surface area contributed by atoms with Gasteiger partial charge in [0.1, 0.15) is 6.61 Å². The fourth-order valence-corrected chi connectivity index (χ4v) is 6.09. The summed E-state index contributed by atoms with van der Waals surface area (Å²) in [6, 6.07) is 15.4. The molecule has 0 aromatic heterocycles. The van der Waals surface area contributed by atoms with Crippen LogP contribution in [0.2, 0.25) is 0 Å². The molecule has 1 N–H and O–H groups in total. The third-order valence-electron chi connectivity index (χ3n) is 8.25. The molecular formula is C31H40O3. The molecule has 0 radical (unpaired) electrons. The van der Waals surface area contributed by atoms with Crippen molar-refractivity contribution in [1.82, 2.24) is 0 Å². The van der Waals surface area contributed by atoms with E-state index in [1.54, 1.807) is 6.92 Å². The fraction of sp³-hybridized carbons (Fsp3) is 0.516. The quantitative estimate of drug-likeness (QED) is 0.347. The predicted octanol–water partition coefficient (Wildman–Crippen LogP) is 7.35. The van der Waals surface area contributed by atoms with Crippen LogP contribution in [-0.4, -0.2) is 17.7 Å². The average Bonchev–Trinajstić information content (AvgIpc) is 2.87. The molecule has 3 nitrogen and oxygen atoms in total. The van der Waals surface area contributed by atoms with Gasteiger partial charge in [-0.25, -0.2) is 4.79 Å². The van der Waals surface area contributed by atoms with Gasteiger partial charge in [0.15, 0.2) is 0 Å². The zero-order valence-corrected chi connectivity index (χ0v) is 20.9. The van der Waals surface area contributed by atoms with Crippen LogP contribution in [0.5, 0.6) is 0 Å². The SMILES string of the molecule is C=C(C)C(=O)OCc1cc(C)ccc1-c1ccc(C2CCC(C3CCC(CO)CC3)CC2)cc1. The van der Waals surface area contributed by atoms with Crippen molar-refractivity contribution in [3.8, 4) is 11.1 Å². The molecule has 2 fully saturated rings. The van der Waals surface area contributed by atoms with Crippen molar-refractivity contribution in [2.75, 3.05) is 6.61 Å². The summed E-state index contributed by atoms with van der Waals surface area (Å²) >= 11 is 0. The first-order valence-corrected chi connectivity index (χ1v) is 13.1. The summed E-state index contributed by atoms with van der Waals surface area (Å²) in [6.45, 7) is 8.04. The second-order valence-corrected chi connectivity index (χ2v) is 10.7. The second-order valence-electron chi connectivity index (χ2n) is 10.7. The van der Waals surface area contributed by atoms with Gasteiger partial charge in [0.2, 0.25) is 0 Å². The zero-order chi connectivity index (χ0) is 24.1. The third kappa shape index (κ3) is 5.99. The number of rotatable bonds is 7. The Labute approximate surface area is 205 Å². The lowest BCUT2D eigenvalue weighted by Gasteiger charge is -2.37. The molecule has 3 heteroatoms. The summed E-state index contributed by atoms with van der Waals surface area (Å²) in [7, 11) is 0. The van der Waals surface area contributed by atoms with Gasteiger partial charge in [0, 0.05) is 12.2 Å². The summed E-state index contributed by atoms with van der Waals surface area (Å²) < 4.78 is 5.45. The minimum Gasteiger partial charge on any atom is -0.457 e. The molecule has 2 aromatic carbocycles. The minimum absolute atomic E-state index is 0.259. The number of aryl methyl sites for hydroxylation is 1. The molecule has 2 aromatic rings. The number of hydrogen-bond acceptors (Lipinski definition) is 3. The summed E-state index contributed by atoms with van der Waals surface area (Å²) in [6.07, 6.45) is 10.3. The highest BCUT2D eigenvalue weighted by Gasteiger charge is 2.31. The molecule has 0 saturated heterocycles. The van der Waals surface area contributed by atoms with E-state index in [4.69, 9.17) is 4.74 Å². The number of hydrogen-bond donors (Lipinski definition) is 1. The Bertz CT molecular complexity index is 974. The van der Waals surface area contributed by atoms with Crippen molar-refractivity contribution in [1.29, 1.82) is 0 Å². The Hall–Kier alpha value is -2.39. The van der Waals surface area contributed by atoms with Gasteiger partial charge < -0.3 is 9.84 Å². The van der Waals surface area contributed by atoms with Gasteiger partial charge in [-0.15, -0.1) is 0 Å². The lowest BCUT2D eigenvalue weighted by molar-refractivity contribution is -0.140. The zero-order valence-electron chi connectivity index (χ0n) is 20.9. The summed E-state index contributed by atoms with van der Waals surface area (Å²) in [5, 5.41) is 9.41. The monoisotopic (exact) mass is 460 g/mol. The van der Waals surface area contributed by atoms with E-state index in [-0.39, 0.29) is 12.6 Å². The lowest BCUT2D eigenvalue weighted by atomic mass is 9.68. The van der Waals surface area contributed by atoms with E-state index >= 15 is 0 Å². The predicted molar refractivity (Wildman–Crippen MR) is 138 cm³/mol. The average molecular weight is 461 g/mol. The minimum atomic E-state index is -0.347. The van der Waals surface area contributed by atoms with E-state index in [1.165, 1.54) is 62.5 Å². The fourth-order valence-electron chi connectivity index (χ4n) is 6.09. The maximum Gasteiger partial charge on any atom is 0.333 e. The third-order valence-corrected chi connectivity index (χ3v) is 8.25. The van der Waals surface area contributed by atoms with Crippen molar-refractivity contribution < 1.29 is 14.6 Å². The number of esters is 1. The molecule has 0 aliphatic heterocycles. The Morgan fingerprint density at radius 1 is 0.941 bits per heavy atom. The van der Waals surface area contributed by atoms with Crippen LogP contribution in [0, 0.1) is 24.7 Å². The normalized spacial score (nSPS) is 25.0. The largest absolute Gasteiger partial charge is 0.457 e. The van der Waals surface area contributed by atoms with Gasteiger partial charge in [0.25, 0.3) is 0 Å². The lowest BCUT2D eigenvalue weighted by Crippen LogP contribution is -2.26. The number of ether oxygens (including phenoxy) is 1. The summed E-state index contributed by atoms with van der Waals surface area (Å²) in [5.74, 6) is 2.63. The number of aliphatic hydroxyl groups is 1. The number of benzene rings is 2. The first kappa shape index (κ1) is 24.7. The van der Waals surface area contributed by atoms with Gasteiger partial charge in [-0.05, 0) is 111 Å². The first-order chi connectivity index (χ1) is 16.4.